The average Bonchev–Trinajstić information content (AvgIpc) is 3.17. The third-order valence-corrected chi connectivity index (χ3v) is 5.53. The molecular formula is C20H22ClF3N4O2. The zero-order valence-electron chi connectivity index (χ0n) is 16.6. The minimum absolute atomic E-state index is 0.0273. The van der Waals surface area contributed by atoms with E-state index in [1.54, 1.807) is 11.9 Å². The van der Waals surface area contributed by atoms with Gasteiger partial charge in [-0.15, -0.1) is 0 Å². The first-order chi connectivity index (χ1) is 14.1. The Kier molecular flexibility index (Phi) is 6.52. The van der Waals surface area contributed by atoms with Gasteiger partial charge in [0, 0.05) is 43.8 Å². The largest absolute Gasteiger partial charge is 0.416 e. The van der Waals surface area contributed by atoms with E-state index in [2.05, 4.69) is 5.10 Å². The van der Waals surface area contributed by atoms with Gasteiger partial charge in [0.05, 0.1) is 5.56 Å². The minimum atomic E-state index is -4.45. The number of piperidine rings is 1. The summed E-state index contributed by atoms with van der Waals surface area (Å²) in [6.07, 6.45) is -1.76. The Morgan fingerprint density at radius 2 is 1.90 bits per heavy atom. The average molecular weight is 443 g/mol. The van der Waals surface area contributed by atoms with E-state index in [1.165, 1.54) is 31.3 Å². The van der Waals surface area contributed by atoms with Gasteiger partial charge >= 0.3 is 12.2 Å². The highest BCUT2D eigenvalue weighted by atomic mass is 35.5. The number of Topliss-reactive ketones (excluding diaryl/α,β-unsaturated/α-hetero) is 1. The van der Waals surface area contributed by atoms with Crippen molar-refractivity contribution in [1.29, 1.82) is 0 Å². The molecule has 1 aromatic carbocycles. The Morgan fingerprint density at radius 1 is 1.23 bits per heavy atom. The van der Waals surface area contributed by atoms with E-state index in [0.29, 0.717) is 25.9 Å². The van der Waals surface area contributed by atoms with E-state index in [9.17, 15) is 22.8 Å². The van der Waals surface area contributed by atoms with Gasteiger partial charge in [-0.25, -0.2) is 4.79 Å². The Morgan fingerprint density at radius 3 is 2.47 bits per heavy atom. The van der Waals surface area contributed by atoms with Crippen LogP contribution in [0.5, 0.6) is 0 Å². The number of hydrogen-bond donors (Lipinski definition) is 0. The molecule has 1 aliphatic heterocycles. The third-order valence-electron chi connectivity index (χ3n) is 5.30. The number of alkyl halides is 3. The van der Waals surface area contributed by atoms with Crippen molar-refractivity contribution in [2.45, 2.75) is 38.5 Å². The molecule has 10 heteroatoms. The lowest BCUT2D eigenvalue weighted by Gasteiger charge is -2.36. The lowest BCUT2D eigenvalue weighted by Crippen LogP contribution is -2.46. The molecule has 1 aromatic heterocycles. The van der Waals surface area contributed by atoms with E-state index >= 15 is 0 Å². The molecule has 0 saturated carbocycles. The Bertz CT molecular complexity index is 936. The number of ketones is 1. The Labute approximate surface area is 177 Å². The van der Waals surface area contributed by atoms with Crippen LogP contribution in [0.25, 0.3) is 0 Å². The van der Waals surface area contributed by atoms with E-state index in [1.807, 2.05) is 4.90 Å². The summed E-state index contributed by atoms with van der Waals surface area (Å²) in [6.45, 7) is 2.38. The second-order valence-corrected chi connectivity index (χ2v) is 7.85. The lowest BCUT2D eigenvalue weighted by molar-refractivity contribution is -0.138. The number of rotatable bonds is 4. The summed E-state index contributed by atoms with van der Waals surface area (Å²) in [5, 5.41) is 4.24. The van der Waals surface area contributed by atoms with Crippen molar-refractivity contribution in [1.82, 2.24) is 19.6 Å². The number of likely N-dealkylation sites (tertiary alicyclic amines) is 1. The molecule has 1 saturated heterocycles. The summed E-state index contributed by atoms with van der Waals surface area (Å²) in [5.74, 6) is -0.221. The molecule has 3 rings (SSSR count). The molecule has 162 valence electrons. The van der Waals surface area contributed by atoms with Crippen molar-refractivity contribution in [2.24, 2.45) is 0 Å². The van der Waals surface area contributed by atoms with Crippen LogP contribution in [0.4, 0.5) is 18.0 Å². The van der Waals surface area contributed by atoms with Crippen molar-refractivity contribution < 1.29 is 22.8 Å². The highest BCUT2D eigenvalue weighted by Crippen LogP contribution is 2.34. The van der Waals surface area contributed by atoms with Crippen LogP contribution in [0.15, 0.2) is 30.5 Å². The molecule has 0 radical (unpaired) electrons. The van der Waals surface area contributed by atoms with Crippen LogP contribution in [-0.4, -0.2) is 57.6 Å². The van der Waals surface area contributed by atoms with Gasteiger partial charge in [-0.05, 0) is 49.7 Å². The van der Waals surface area contributed by atoms with Crippen LogP contribution in [0.2, 0.25) is 5.02 Å². The molecule has 0 bridgehead atoms. The second kappa shape index (κ2) is 8.77. The highest BCUT2D eigenvalue weighted by Gasteiger charge is 2.34. The number of carbonyl (C=O) groups excluding carboxylic acids is 2. The monoisotopic (exact) mass is 442 g/mol. The topological polar surface area (TPSA) is 58.4 Å². The zero-order valence-corrected chi connectivity index (χ0v) is 17.4. The van der Waals surface area contributed by atoms with E-state index in [-0.39, 0.29) is 40.7 Å². The molecule has 30 heavy (non-hydrogen) atoms. The van der Waals surface area contributed by atoms with Gasteiger partial charge in [0.1, 0.15) is 5.69 Å². The molecule has 1 fully saturated rings. The molecule has 0 N–H and O–H groups in total. The van der Waals surface area contributed by atoms with Crippen LogP contribution >= 0.6 is 11.6 Å². The number of nitrogens with zero attached hydrogens (tertiary/aromatic N) is 4. The van der Waals surface area contributed by atoms with E-state index in [4.69, 9.17) is 11.6 Å². The summed E-state index contributed by atoms with van der Waals surface area (Å²) in [6, 6.07) is 4.79. The van der Waals surface area contributed by atoms with Crippen LogP contribution < -0.4 is 0 Å². The normalized spacial score (nSPS) is 15.6. The van der Waals surface area contributed by atoms with Crippen LogP contribution in [0, 0.1) is 0 Å². The Balaban J connectivity index is 1.62. The van der Waals surface area contributed by atoms with Crippen LogP contribution in [0.1, 0.15) is 41.4 Å². The second-order valence-electron chi connectivity index (χ2n) is 7.42. The highest BCUT2D eigenvalue weighted by molar-refractivity contribution is 6.30. The van der Waals surface area contributed by atoms with Gasteiger partial charge < -0.3 is 4.90 Å². The van der Waals surface area contributed by atoms with Crippen LogP contribution in [0.3, 0.4) is 0 Å². The minimum Gasteiger partial charge on any atom is -0.323 e. The maximum atomic E-state index is 13.3. The number of carbonyl (C=O) groups is 2. The van der Waals surface area contributed by atoms with Gasteiger partial charge in [0.25, 0.3) is 0 Å². The molecule has 1 amide bonds. The van der Waals surface area contributed by atoms with Gasteiger partial charge in [-0.1, -0.05) is 11.6 Å². The maximum absolute atomic E-state index is 13.3. The first-order valence-electron chi connectivity index (χ1n) is 9.48. The predicted octanol–water partition coefficient (Wildman–Crippen LogP) is 4.32. The fraction of sp³-hybridized carbons (Fsp3) is 0.450. The molecule has 6 nitrogen and oxygen atoms in total. The maximum Gasteiger partial charge on any atom is 0.416 e. The van der Waals surface area contributed by atoms with E-state index < -0.39 is 11.7 Å². The number of amides is 1. The molecule has 0 atom stereocenters. The summed E-state index contributed by atoms with van der Waals surface area (Å²) < 4.78 is 41.0. The first-order valence-corrected chi connectivity index (χ1v) is 9.86. The summed E-state index contributed by atoms with van der Waals surface area (Å²) >= 11 is 5.91. The number of halogens is 4. The fourth-order valence-electron chi connectivity index (χ4n) is 3.63. The smallest absolute Gasteiger partial charge is 0.323 e. The molecule has 2 aromatic rings. The summed E-state index contributed by atoms with van der Waals surface area (Å²) in [4.78, 5) is 27.4. The molecule has 2 heterocycles. The van der Waals surface area contributed by atoms with Gasteiger partial charge in [-0.3, -0.25) is 9.69 Å². The van der Waals surface area contributed by atoms with Crippen molar-refractivity contribution in [3.63, 3.8) is 0 Å². The Hall–Kier alpha value is -2.39. The standard InChI is InChI=1S/C20H22ClF3N4O2/c1-13(29)18-7-10-28(25-18)19(30)27-8-5-16(6-9-27)26(2)12-14-11-15(21)3-4-17(14)20(22,23)24/h3-4,7,10-11,16H,5-6,8-9,12H2,1-2H3. The first kappa shape index (κ1) is 22.3. The number of benzene rings is 1. The van der Waals surface area contributed by atoms with Gasteiger partial charge in [0.15, 0.2) is 5.78 Å². The fourth-order valence-corrected chi connectivity index (χ4v) is 3.82. The number of aromatic nitrogens is 2. The SMILES string of the molecule is CC(=O)c1ccn(C(=O)N2CCC(N(C)Cc3cc(Cl)ccc3C(F)(F)F)CC2)n1. The van der Waals surface area contributed by atoms with Crippen molar-refractivity contribution in [3.05, 3.63) is 52.3 Å². The number of hydrogen-bond acceptors (Lipinski definition) is 4. The van der Waals surface area contributed by atoms with Crippen LogP contribution in [-0.2, 0) is 12.7 Å². The van der Waals surface area contributed by atoms with Gasteiger partial charge in [-0.2, -0.15) is 23.0 Å². The van der Waals surface area contributed by atoms with Gasteiger partial charge in [0.2, 0.25) is 0 Å². The predicted molar refractivity (Wildman–Crippen MR) is 106 cm³/mol. The molecule has 0 aliphatic carbocycles. The molecule has 0 spiro atoms. The third kappa shape index (κ3) is 5.02. The quantitative estimate of drug-likeness (QED) is 0.661. The lowest BCUT2D eigenvalue weighted by atomic mass is 10.0. The van der Waals surface area contributed by atoms with E-state index in [0.717, 1.165) is 10.7 Å². The molecule has 0 unspecified atom stereocenters. The molecule has 1 aliphatic rings. The summed E-state index contributed by atoms with van der Waals surface area (Å²) in [5.41, 5.74) is -0.337. The van der Waals surface area contributed by atoms with Crippen molar-refractivity contribution in [2.75, 3.05) is 20.1 Å². The summed E-state index contributed by atoms with van der Waals surface area (Å²) in [7, 11) is 1.77. The van der Waals surface area contributed by atoms with Crippen molar-refractivity contribution >= 4 is 23.4 Å². The zero-order chi connectivity index (χ0) is 22.1. The van der Waals surface area contributed by atoms with Crippen molar-refractivity contribution in [3.8, 4) is 0 Å². The molecular weight excluding hydrogens is 421 g/mol.